The first kappa shape index (κ1) is 25.2. The molecular formula is C31H33NO4. The molecule has 0 unspecified atom stereocenters. The van der Waals surface area contributed by atoms with Gasteiger partial charge in [0.25, 0.3) is 0 Å². The second kappa shape index (κ2) is 12.2. The van der Waals surface area contributed by atoms with Crippen molar-refractivity contribution in [2.24, 2.45) is 0 Å². The molecule has 0 saturated carbocycles. The highest BCUT2D eigenvalue weighted by Crippen LogP contribution is 2.30. The number of carbonyl (C=O) groups excluding carboxylic acids is 2. The average molecular weight is 484 g/mol. The summed E-state index contributed by atoms with van der Waals surface area (Å²) in [7, 11) is 0. The summed E-state index contributed by atoms with van der Waals surface area (Å²) < 4.78 is 11.8. The van der Waals surface area contributed by atoms with Gasteiger partial charge in [-0.05, 0) is 55.7 Å². The van der Waals surface area contributed by atoms with E-state index in [1.807, 2.05) is 61.5 Å². The lowest BCUT2D eigenvalue weighted by molar-refractivity contribution is -0.121. The minimum Gasteiger partial charge on any atom is -0.494 e. The molecule has 36 heavy (non-hydrogen) atoms. The van der Waals surface area contributed by atoms with Gasteiger partial charge in [0.1, 0.15) is 17.1 Å². The SMILES string of the molecule is CCCCc1oc2ccccc2c1C(=O)c1ccc(OCCCC(=O)N[C@@H](C)c2ccccc2)cc1. The molecule has 0 saturated heterocycles. The molecule has 4 rings (SSSR count). The van der Waals surface area contributed by atoms with Gasteiger partial charge in [0.15, 0.2) is 5.78 Å². The van der Waals surface area contributed by atoms with E-state index in [-0.39, 0.29) is 17.7 Å². The number of nitrogens with one attached hydrogen (secondary N) is 1. The van der Waals surface area contributed by atoms with Gasteiger partial charge in [-0.25, -0.2) is 0 Å². The molecular weight excluding hydrogens is 450 g/mol. The van der Waals surface area contributed by atoms with Gasteiger partial charge in [0.2, 0.25) is 5.91 Å². The number of benzene rings is 3. The van der Waals surface area contributed by atoms with Crippen molar-refractivity contribution >= 4 is 22.7 Å². The maximum atomic E-state index is 13.4. The molecule has 1 amide bonds. The lowest BCUT2D eigenvalue weighted by Gasteiger charge is -2.14. The predicted molar refractivity (Wildman–Crippen MR) is 142 cm³/mol. The van der Waals surface area contributed by atoms with Crippen LogP contribution in [-0.2, 0) is 11.2 Å². The number of rotatable bonds is 12. The summed E-state index contributed by atoms with van der Waals surface area (Å²) in [5.74, 6) is 1.39. The van der Waals surface area contributed by atoms with Crippen molar-refractivity contribution in [3.8, 4) is 5.75 Å². The number of fused-ring (bicyclic) bond motifs is 1. The lowest BCUT2D eigenvalue weighted by Crippen LogP contribution is -2.26. The Morgan fingerprint density at radius 2 is 1.64 bits per heavy atom. The lowest BCUT2D eigenvalue weighted by atomic mass is 9.98. The molecule has 5 heteroatoms. The smallest absolute Gasteiger partial charge is 0.220 e. The van der Waals surface area contributed by atoms with Crippen LogP contribution in [0.4, 0.5) is 0 Å². The largest absolute Gasteiger partial charge is 0.494 e. The Bertz CT molecular complexity index is 1290. The number of hydrogen-bond acceptors (Lipinski definition) is 4. The zero-order valence-electron chi connectivity index (χ0n) is 21.0. The Labute approximate surface area is 212 Å². The van der Waals surface area contributed by atoms with Crippen LogP contribution >= 0.6 is 0 Å². The third kappa shape index (κ3) is 6.22. The number of unbranched alkanes of at least 4 members (excludes halogenated alkanes) is 1. The monoisotopic (exact) mass is 483 g/mol. The quantitative estimate of drug-likeness (QED) is 0.173. The first-order chi connectivity index (χ1) is 17.6. The van der Waals surface area contributed by atoms with E-state index < -0.39 is 0 Å². The molecule has 0 radical (unpaired) electrons. The molecule has 0 aliphatic heterocycles. The molecule has 0 bridgehead atoms. The fourth-order valence-electron chi connectivity index (χ4n) is 4.27. The number of hydrogen-bond donors (Lipinski definition) is 1. The first-order valence-corrected chi connectivity index (χ1v) is 12.7. The predicted octanol–water partition coefficient (Wildman–Crippen LogP) is 7.04. The van der Waals surface area contributed by atoms with E-state index >= 15 is 0 Å². The fraction of sp³-hybridized carbons (Fsp3) is 0.290. The van der Waals surface area contributed by atoms with Crippen LogP contribution in [0.25, 0.3) is 11.0 Å². The van der Waals surface area contributed by atoms with Crippen LogP contribution in [0.1, 0.15) is 72.8 Å². The highest BCUT2D eigenvalue weighted by Gasteiger charge is 2.21. The molecule has 186 valence electrons. The van der Waals surface area contributed by atoms with Gasteiger partial charge in [0, 0.05) is 23.8 Å². The molecule has 0 fully saturated rings. The number of ether oxygens (including phenoxy) is 1. The maximum absolute atomic E-state index is 13.4. The highest BCUT2D eigenvalue weighted by atomic mass is 16.5. The molecule has 0 spiro atoms. The summed E-state index contributed by atoms with van der Waals surface area (Å²) in [5.41, 5.74) is 3.08. The third-order valence-electron chi connectivity index (χ3n) is 6.26. The maximum Gasteiger partial charge on any atom is 0.220 e. The molecule has 1 heterocycles. The van der Waals surface area contributed by atoms with Crippen molar-refractivity contribution in [1.82, 2.24) is 5.32 Å². The molecule has 1 N–H and O–H groups in total. The van der Waals surface area contributed by atoms with Crippen molar-refractivity contribution < 1.29 is 18.7 Å². The summed E-state index contributed by atoms with van der Waals surface area (Å²) in [6.45, 7) is 4.53. The fourth-order valence-corrected chi connectivity index (χ4v) is 4.27. The molecule has 0 aliphatic rings. The van der Waals surface area contributed by atoms with Crippen molar-refractivity contribution in [2.75, 3.05) is 6.61 Å². The zero-order valence-corrected chi connectivity index (χ0v) is 21.0. The van der Waals surface area contributed by atoms with Gasteiger partial charge in [-0.3, -0.25) is 9.59 Å². The van der Waals surface area contributed by atoms with Crippen LogP contribution in [0.2, 0.25) is 0 Å². The molecule has 1 atom stereocenters. The van der Waals surface area contributed by atoms with Crippen molar-refractivity contribution in [2.45, 2.75) is 52.0 Å². The van der Waals surface area contributed by atoms with Gasteiger partial charge < -0.3 is 14.5 Å². The summed E-state index contributed by atoms with van der Waals surface area (Å²) in [5, 5.41) is 3.87. The van der Waals surface area contributed by atoms with E-state index in [1.54, 1.807) is 24.3 Å². The van der Waals surface area contributed by atoms with Gasteiger partial charge in [-0.2, -0.15) is 0 Å². The number of amides is 1. The number of carbonyl (C=O) groups is 2. The van der Waals surface area contributed by atoms with Crippen LogP contribution in [0.3, 0.4) is 0 Å². The molecule has 4 aromatic rings. The summed E-state index contributed by atoms with van der Waals surface area (Å²) in [6, 6.07) is 24.7. The highest BCUT2D eigenvalue weighted by molar-refractivity contribution is 6.16. The summed E-state index contributed by atoms with van der Waals surface area (Å²) in [4.78, 5) is 25.6. The van der Waals surface area contributed by atoms with Gasteiger partial charge in [0.05, 0.1) is 18.2 Å². The van der Waals surface area contributed by atoms with E-state index in [9.17, 15) is 9.59 Å². The Kier molecular flexibility index (Phi) is 8.56. The minimum atomic E-state index is -0.0400. The van der Waals surface area contributed by atoms with Crippen LogP contribution in [0.5, 0.6) is 5.75 Å². The number of furan rings is 1. The second-order valence-electron chi connectivity index (χ2n) is 9.01. The standard InChI is InChI=1S/C31H33NO4/c1-3-4-14-28-30(26-13-8-9-15-27(26)36-28)31(34)24-17-19-25(20-18-24)35-21-10-16-29(33)32-22(2)23-11-6-5-7-12-23/h5-9,11-13,15,17-20,22H,3-4,10,14,16,21H2,1-2H3,(H,32,33)/t22-/m0/s1. The Hall–Kier alpha value is -3.86. The Morgan fingerprint density at radius 3 is 2.39 bits per heavy atom. The van der Waals surface area contributed by atoms with Crippen LogP contribution in [0, 0.1) is 0 Å². The van der Waals surface area contributed by atoms with E-state index in [4.69, 9.17) is 9.15 Å². The summed E-state index contributed by atoms with van der Waals surface area (Å²) in [6.07, 6.45) is 3.74. The Balaban J connectivity index is 1.31. The van der Waals surface area contributed by atoms with E-state index in [0.717, 1.165) is 41.6 Å². The average Bonchev–Trinajstić information content (AvgIpc) is 3.28. The summed E-state index contributed by atoms with van der Waals surface area (Å²) >= 11 is 0. The van der Waals surface area contributed by atoms with Crippen molar-refractivity contribution in [1.29, 1.82) is 0 Å². The van der Waals surface area contributed by atoms with Crippen LogP contribution in [-0.4, -0.2) is 18.3 Å². The van der Waals surface area contributed by atoms with E-state index in [2.05, 4.69) is 12.2 Å². The molecule has 3 aromatic carbocycles. The number of para-hydroxylation sites is 1. The second-order valence-corrected chi connectivity index (χ2v) is 9.01. The topological polar surface area (TPSA) is 68.5 Å². The third-order valence-corrected chi connectivity index (χ3v) is 6.26. The molecule has 1 aromatic heterocycles. The van der Waals surface area contributed by atoms with Gasteiger partial charge in [-0.1, -0.05) is 61.9 Å². The van der Waals surface area contributed by atoms with E-state index in [1.165, 1.54) is 0 Å². The van der Waals surface area contributed by atoms with E-state index in [0.29, 0.717) is 36.3 Å². The van der Waals surface area contributed by atoms with Crippen molar-refractivity contribution in [3.63, 3.8) is 0 Å². The Morgan fingerprint density at radius 1 is 0.917 bits per heavy atom. The zero-order chi connectivity index (χ0) is 25.3. The van der Waals surface area contributed by atoms with Gasteiger partial charge in [-0.15, -0.1) is 0 Å². The first-order valence-electron chi connectivity index (χ1n) is 12.7. The minimum absolute atomic E-state index is 0.00196. The number of aryl methyl sites for hydroxylation is 1. The van der Waals surface area contributed by atoms with Crippen LogP contribution in [0.15, 0.2) is 83.3 Å². The van der Waals surface area contributed by atoms with Crippen LogP contribution < -0.4 is 10.1 Å². The molecule has 0 aliphatic carbocycles. The van der Waals surface area contributed by atoms with Gasteiger partial charge >= 0.3 is 0 Å². The normalized spacial score (nSPS) is 11.8. The number of ketones is 1. The molecule has 5 nitrogen and oxygen atoms in total. The van der Waals surface area contributed by atoms with Crippen molar-refractivity contribution in [3.05, 3.63) is 101 Å².